The molecule has 1 aromatic heterocycles. The topological polar surface area (TPSA) is 140 Å². The number of carbonyl (C=O) groups excluding carboxylic acids is 1. The third-order valence-corrected chi connectivity index (χ3v) is 2.26. The summed E-state index contributed by atoms with van der Waals surface area (Å²) in [5.41, 5.74) is 4.82. The molecule has 4 N–H and O–H groups in total. The minimum absolute atomic E-state index is 0.121. The lowest BCUT2D eigenvalue weighted by atomic mass is 10.4. The van der Waals surface area contributed by atoms with Crippen LogP contribution in [-0.2, 0) is 14.4 Å². The summed E-state index contributed by atoms with van der Waals surface area (Å²) in [6.07, 6.45) is 0.971. The number of carboxylic acid groups (broad SMARTS) is 1. The lowest BCUT2D eigenvalue weighted by molar-refractivity contribution is -0.129. The molecule has 10 heteroatoms. The van der Waals surface area contributed by atoms with Crippen molar-refractivity contribution in [3.63, 3.8) is 0 Å². The van der Waals surface area contributed by atoms with E-state index >= 15 is 0 Å². The summed E-state index contributed by atoms with van der Waals surface area (Å²) in [4.78, 5) is 29.7. The average molecular weight is 273 g/mol. The minimum Gasteiger partial charge on any atom is -0.476 e. The highest BCUT2D eigenvalue weighted by Gasteiger charge is 2.19. The van der Waals surface area contributed by atoms with Crippen LogP contribution in [0.15, 0.2) is 5.16 Å². The Hall–Kier alpha value is -2.07. The Bertz CT molecular complexity index is 446. The summed E-state index contributed by atoms with van der Waals surface area (Å²) in [6.45, 7) is 0.622. The first-order chi connectivity index (χ1) is 8.69. The van der Waals surface area contributed by atoms with Crippen molar-refractivity contribution in [1.82, 2.24) is 9.36 Å². The maximum Gasteiger partial charge on any atom is 0.362 e. The van der Waals surface area contributed by atoms with Gasteiger partial charge < -0.3 is 21.0 Å². The zero-order valence-corrected chi connectivity index (χ0v) is 10.0. The van der Waals surface area contributed by atoms with Crippen molar-refractivity contribution in [1.29, 1.82) is 0 Å². The van der Waals surface area contributed by atoms with Crippen LogP contribution >= 0.6 is 11.5 Å². The van der Waals surface area contributed by atoms with Gasteiger partial charge in [-0.3, -0.25) is 4.79 Å². The molecule has 1 heterocycles. The van der Waals surface area contributed by atoms with Gasteiger partial charge in [-0.25, -0.2) is 4.79 Å². The Morgan fingerprint density at radius 3 is 3.06 bits per heavy atom. The van der Waals surface area contributed by atoms with Gasteiger partial charge in [0.1, 0.15) is 6.61 Å². The summed E-state index contributed by atoms with van der Waals surface area (Å²) < 4.78 is 3.75. The fourth-order valence-electron chi connectivity index (χ4n) is 0.862. The first kappa shape index (κ1) is 14.0. The lowest BCUT2D eigenvalue weighted by Gasteiger charge is -1.98. The van der Waals surface area contributed by atoms with Gasteiger partial charge in [0.05, 0.1) is 0 Å². The van der Waals surface area contributed by atoms with E-state index in [0.717, 1.165) is 11.5 Å². The van der Waals surface area contributed by atoms with Crippen molar-refractivity contribution >= 4 is 34.8 Å². The van der Waals surface area contributed by atoms with Crippen molar-refractivity contribution in [2.45, 2.75) is 6.42 Å². The normalized spacial score (nSPS) is 11.1. The van der Waals surface area contributed by atoms with Crippen LogP contribution in [0.4, 0.5) is 5.13 Å². The second-order valence-corrected chi connectivity index (χ2v) is 3.66. The van der Waals surface area contributed by atoms with Crippen molar-refractivity contribution < 1.29 is 19.5 Å². The number of carbonyl (C=O) groups is 2. The summed E-state index contributed by atoms with van der Waals surface area (Å²) in [5, 5.41) is 14.8. The molecule has 9 nitrogen and oxygen atoms in total. The SMILES string of the molecule is NCCCON=C(C(=O)O)c1nsc(NC=O)n1. The maximum absolute atomic E-state index is 10.9. The van der Waals surface area contributed by atoms with Gasteiger partial charge in [0.25, 0.3) is 0 Å². The minimum atomic E-state index is -1.32. The smallest absolute Gasteiger partial charge is 0.362 e. The molecule has 1 amide bonds. The second kappa shape index (κ2) is 7.29. The fraction of sp³-hybridized carbons (Fsp3) is 0.375. The van der Waals surface area contributed by atoms with Gasteiger partial charge in [-0.2, -0.15) is 9.36 Å². The highest BCUT2D eigenvalue weighted by molar-refractivity contribution is 7.10. The molecule has 0 aliphatic rings. The lowest BCUT2D eigenvalue weighted by Crippen LogP contribution is -2.17. The number of rotatable bonds is 8. The predicted octanol–water partition coefficient (Wildman–Crippen LogP) is -0.740. The molecule has 0 spiro atoms. The quantitative estimate of drug-likeness (QED) is 0.245. The number of nitrogens with zero attached hydrogens (tertiary/aromatic N) is 3. The molecule has 0 radical (unpaired) electrons. The van der Waals surface area contributed by atoms with E-state index in [-0.39, 0.29) is 17.6 Å². The molecule has 0 aliphatic heterocycles. The summed E-state index contributed by atoms with van der Waals surface area (Å²) in [6, 6.07) is 0. The van der Waals surface area contributed by atoms with E-state index in [0.29, 0.717) is 19.4 Å². The van der Waals surface area contributed by atoms with Crippen LogP contribution < -0.4 is 11.1 Å². The number of anilines is 1. The number of aliphatic carboxylic acids is 1. The zero-order chi connectivity index (χ0) is 13.4. The molecule has 0 atom stereocenters. The van der Waals surface area contributed by atoms with E-state index in [2.05, 4.69) is 19.8 Å². The predicted molar refractivity (Wildman–Crippen MR) is 63.4 cm³/mol. The van der Waals surface area contributed by atoms with Crippen LogP contribution in [0.25, 0.3) is 0 Å². The molecule has 18 heavy (non-hydrogen) atoms. The highest BCUT2D eigenvalue weighted by atomic mass is 32.1. The number of nitrogens with one attached hydrogen (secondary N) is 1. The van der Waals surface area contributed by atoms with Gasteiger partial charge in [0.2, 0.25) is 23.1 Å². The fourth-order valence-corrected chi connectivity index (χ4v) is 1.39. The van der Waals surface area contributed by atoms with Crippen LogP contribution in [0, 0.1) is 0 Å². The van der Waals surface area contributed by atoms with Crippen LogP contribution in [0.5, 0.6) is 0 Å². The Kier molecular flexibility index (Phi) is 5.67. The molecule has 0 aromatic carbocycles. The van der Waals surface area contributed by atoms with Crippen LogP contribution in [0.2, 0.25) is 0 Å². The third kappa shape index (κ3) is 4.07. The molecule has 0 bridgehead atoms. The maximum atomic E-state index is 10.9. The van der Waals surface area contributed by atoms with Crippen molar-refractivity contribution in [3.8, 4) is 0 Å². The van der Waals surface area contributed by atoms with E-state index in [1.54, 1.807) is 0 Å². The largest absolute Gasteiger partial charge is 0.476 e. The molecule has 1 aromatic rings. The summed E-state index contributed by atoms with van der Waals surface area (Å²) in [5.74, 6) is -1.44. The van der Waals surface area contributed by atoms with Gasteiger partial charge in [-0.05, 0) is 13.0 Å². The number of aromatic nitrogens is 2. The third-order valence-electron chi connectivity index (χ3n) is 1.62. The molecule has 98 valence electrons. The summed E-state index contributed by atoms with van der Waals surface area (Å²) in [7, 11) is 0. The number of hydrogen-bond donors (Lipinski definition) is 3. The van der Waals surface area contributed by atoms with Crippen LogP contribution in [0.1, 0.15) is 12.2 Å². The standard InChI is InChI=1S/C8H11N5O4S/c9-2-1-3-17-12-5(7(15)16)6-11-8(10-4-14)18-13-6/h4H,1-3,9H2,(H,15,16)(H,10,11,13,14). The van der Waals surface area contributed by atoms with Crippen molar-refractivity contribution in [3.05, 3.63) is 5.82 Å². The second-order valence-electron chi connectivity index (χ2n) is 2.91. The van der Waals surface area contributed by atoms with Gasteiger partial charge in [0, 0.05) is 11.5 Å². The van der Waals surface area contributed by atoms with Gasteiger partial charge in [-0.15, -0.1) is 0 Å². The van der Waals surface area contributed by atoms with Crippen LogP contribution in [-0.4, -0.2) is 45.7 Å². The van der Waals surface area contributed by atoms with E-state index in [1.165, 1.54) is 0 Å². The monoisotopic (exact) mass is 273 g/mol. The first-order valence-corrected chi connectivity index (χ1v) is 5.64. The molecule has 0 unspecified atom stereocenters. The van der Waals surface area contributed by atoms with Gasteiger partial charge >= 0.3 is 5.97 Å². The van der Waals surface area contributed by atoms with Crippen LogP contribution in [0.3, 0.4) is 0 Å². The number of amides is 1. The average Bonchev–Trinajstić information content (AvgIpc) is 2.77. The summed E-state index contributed by atoms with van der Waals surface area (Å²) >= 11 is 0.840. The van der Waals surface area contributed by atoms with Gasteiger partial charge in [-0.1, -0.05) is 5.16 Å². The highest BCUT2D eigenvalue weighted by Crippen LogP contribution is 2.10. The number of oxime groups is 1. The Morgan fingerprint density at radius 2 is 2.44 bits per heavy atom. The molecular formula is C8H11N5O4S. The Morgan fingerprint density at radius 1 is 1.67 bits per heavy atom. The van der Waals surface area contributed by atoms with E-state index in [9.17, 15) is 9.59 Å². The molecular weight excluding hydrogens is 262 g/mol. The van der Waals surface area contributed by atoms with E-state index in [1.807, 2.05) is 0 Å². The molecule has 0 aliphatic carbocycles. The molecule has 0 saturated heterocycles. The number of hydrogen-bond acceptors (Lipinski definition) is 8. The van der Waals surface area contributed by atoms with Crippen molar-refractivity contribution in [2.75, 3.05) is 18.5 Å². The molecule has 0 fully saturated rings. The zero-order valence-electron chi connectivity index (χ0n) is 9.20. The van der Waals surface area contributed by atoms with Gasteiger partial charge in [0.15, 0.2) is 0 Å². The Balaban J connectivity index is 2.76. The van der Waals surface area contributed by atoms with Crippen molar-refractivity contribution in [2.24, 2.45) is 10.9 Å². The first-order valence-electron chi connectivity index (χ1n) is 4.86. The van der Waals surface area contributed by atoms with E-state index in [4.69, 9.17) is 15.7 Å². The molecule has 0 saturated carbocycles. The van der Waals surface area contributed by atoms with E-state index < -0.39 is 11.7 Å². The molecule has 1 rings (SSSR count). The Labute approximate surface area is 106 Å². The number of nitrogens with two attached hydrogens (primary N) is 1. The number of carboxylic acids is 1.